The van der Waals surface area contributed by atoms with Gasteiger partial charge in [-0.15, -0.1) is 0 Å². The van der Waals surface area contributed by atoms with Crippen LogP contribution < -0.4 is 5.32 Å². The number of nitrogens with one attached hydrogen (secondary N) is 1. The number of likely N-dealkylation sites (tertiary alicyclic amines) is 1. The zero-order chi connectivity index (χ0) is 18.1. The largest absolute Gasteiger partial charge is 0.340 e. The molecule has 1 saturated heterocycles. The Kier molecular flexibility index (Phi) is 4.12. The van der Waals surface area contributed by atoms with Gasteiger partial charge in [0.05, 0.1) is 11.7 Å². The summed E-state index contributed by atoms with van der Waals surface area (Å²) in [5.74, 6) is 1.79. The molecular formula is C19H20N6O. The highest BCUT2D eigenvalue weighted by Crippen LogP contribution is 2.34. The maximum absolute atomic E-state index is 12.7. The number of imidazole rings is 1. The van der Waals surface area contributed by atoms with Gasteiger partial charge in [-0.25, -0.2) is 15.0 Å². The fraction of sp³-hybridized carbons (Fsp3) is 0.263. The Bertz CT molecular complexity index is 936. The van der Waals surface area contributed by atoms with E-state index in [1.54, 1.807) is 17.0 Å². The van der Waals surface area contributed by atoms with E-state index in [1.165, 1.54) is 0 Å². The van der Waals surface area contributed by atoms with E-state index >= 15 is 0 Å². The number of para-hydroxylation sites is 1. The van der Waals surface area contributed by atoms with Crippen molar-refractivity contribution < 1.29 is 4.79 Å². The average molecular weight is 348 g/mol. The Morgan fingerprint density at radius 2 is 2.04 bits per heavy atom. The highest BCUT2D eigenvalue weighted by atomic mass is 16.2. The van der Waals surface area contributed by atoms with E-state index in [1.807, 2.05) is 55.3 Å². The second kappa shape index (κ2) is 6.59. The van der Waals surface area contributed by atoms with E-state index in [9.17, 15) is 4.79 Å². The highest BCUT2D eigenvalue weighted by Gasteiger charge is 2.36. The minimum atomic E-state index is -0.0671. The van der Waals surface area contributed by atoms with Crippen molar-refractivity contribution in [1.29, 1.82) is 0 Å². The number of carbonyl (C=O) groups excluding carboxylic acids is 1. The van der Waals surface area contributed by atoms with Crippen LogP contribution in [0.5, 0.6) is 0 Å². The number of aromatic nitrogens is 4. The van der Waals surface area contributed by atoms with Crippen LogP contribution in [0.3, 0.4) is 0 Å². The average Bonchev–Trinajstić information content (AvgIpc) is 3.00. The fourth-order valence-electron chi connectivity index (χ4n) is 3.13. The molecule has 2 aromatic heterocycles. The summed E-state index contributed by atoms with van der Waals surface area (Å²) in [5.41, 5.74) is 1.82. The quantitative estimate of drug-likeness (QED) is 0.785. The molecule has 7 nitrogen and oxygen atoms in total. The van der Waals surface area contributed by atoms with Gasteiger partial charge in [0.1, 0.15) is 11.6 Å². The Hall–Kier alpha value is -3.22. The number of benzene rings is 1. The lowest BCUT2D eigenvalue weighted by Gasteiger charge is -2.40. The van der Waals surface area contributed by atoms with Crippen molar-refractivity contribution in [3.8, 4) is 0 Å². The van der Waals surface area contributed by atoms with E-state index < -0.39 is 0 Å². The maximum atomic E-state index is 12.7. The van der Waals surface area contributed by atoms with Crippen LogP contribution in [0, 0.1) is 6.92 Å². The molecule has 3 heterocycles. The fourth-order valence-corrected chi connectivity index (χ4v) is 3.13. The lowest BCUT2D eigenvalue weighted by atomic mass is 9.98. The molecule has 132 valence electrons. The Morgan fingerprint density at radius 3 is 2.69 bits per heavy atom. The first kappa shape index (κ1) is 16.3. The number of amides is 1. The second-order valence-electron chi connectivity index (χ2n) is 6.38. The van der Waals surface area contributed by atoms with Crippen molar-refractivity contribution in [2.45, 2.75) is 19.4 Å². The van der Waals surface area contributed by atoms with Crippen LogP contribution in [0.15, 0.2) is 48.8 Å². The summed E-state index contributed by atoms with van der Waals surface area (Å²) in [7, 11) is 1.83. The van der Waals surface area contributed by atoms with Crippen molar-refractivity contribution in [1.82, 2.24) is 24.4 Å². The molecular weight excluding hydrogens is 328 g/mol. The van der Waals surface area contributed by atoms with E-state index in [4.69, 9.17) is 0 Å². The number of aryl methyl sites for hydroxylation is 2. The first-order valence-corrected chi connectivity index (χ1v) is 8.58. The molecule has 4 rings (SSSR count). The summed E-state index contributed by atoms with van der Waals surface area (Å²) in [5, 5.41) is 3.30. The lowest BCUT2D eigenvalue weighted by molar-refractivity contribution is 0.0434. The minimum Gasteiger partial charge on any atom is -0.340 e. The predicted molar refractivity (Wildman–Crippen MR) is 98.1 cm³/mol. The molecule has 1 aliphatic heterocycles. The molecule has 1 N–H and O–H groups in total. The maximum Gasteiger partial charge on any atom is 0.290 e. The Morgan fingerprint density at radius 1 is 1.23 bits per heavy atom. The zero-order valence-electron chi connectivity index (χ0n) is 14.8. The number of carbonyl (C=O) groups is 1. The van der Waals surface area contributed by atoms with Crippen LogP contribution in [0.2, 0.25) is 0 Å². The van der Waals surface area contributed by atoms with Gasteiger partial charge in [-0.3, -0.25) is 4.79 Å². The highest BCUT2D eigenvalue weighted by molar-refractivity contribution is 5.91. The van der Waals surface area contributed by atoms with Gasteiger partial charge in [-0.2, -0.15) is 0 Å². The van der Waals surface area contributed by atoms with Crippen LogP contribution in [-0.2, 0) is 7.05 Å². The summed E-state index contributed by atoms with van der Waals surface area (Å²) >= 11 is 0. The van der Waals surface area contributed by atoms with Gasteiger partial charge < -0.3 is 14.8 Å². The van der Waals surface area contributed by atoms with Crippen LogP contribution in [0.4, 0.5) is 11.5 Å². The van der Waals surface area contributed by atoms with E-state index in [2.05, 4.69) is 20.3 Å². The summed E-state index contributed by atoms with van der Waals surface area (Å²) in [6, 6.07) is 11.7. The van der Waals surface area contributed by atoms with Crippen LogP contribution >= 0.6 is 0 Å². The van der Waals surface area contributed by atoms with Gasteiger partial charge in [0.2, 0.25) is 0 Å². The molecule has 0 bridgehead atoms. The van der Waals surface area contributed by atoms with Gasteiger partial charge in [0.25, 0.3) is 5.91 Å². The second-order valence-corrected chi connectivity index (χ2v) is 6.38. The molecule has 26 heavy (non-hydrogen) atoms. The zero-order valence-corrected chi connectivity index (χ0v) is 14.8. The SMILES string of the molecule is Cc1nc(Nc2ccccc2)cc(C2CCN2C(=O)c2nccn2C)n1. The molecule has 1 aliphatic rings. The van der Waals surface area contributed by atoms with Crippen molar-refractivity contribution in [3.05, 3.63) is 66.1 Å². The molecule has 0 aliphatic carbocycles. The minimum absolute atomic E-state index is 0.0442. The van der Waals surface area contributed by atoms with Crippen LogP contribution in [0.25, 0.3) is 0 Å². The molecule has 1 atom stereocenters. The van der Waals surface area contributed by atoms with Gasteiger partial charge in [0.15, 0.2) is 5.82 Å². The van der Waals surface area contributed by atoms with Gasteiger partial charge >= 0.3 is 0 Å². The topological polar surface area (TPSA) is 75.9 Å². The number of hydrogen-bond acceptors (Lipinski definition) is 5. The van der Waals surface area contributed by atoms with Gasteiger partial charge in [0, 0.05) is 37.7 Å². The number of nitrogens with zero attached hydrogens (tertiary/aromatic N) is 5. The van der Waals surface area contributed by atoms with E-state index in [-0.39, 0.29) is 11.9 Å². The Balaban J connectivity index is 1.57. The molecule has 0 radical (unpaired) electrons. The van der Waals surface area contributed by atoms with Crippen LogP contribution in [-0.4, -0.2) is 36.9 Å². The number of hydrogen-bond donors (Lipinski definition) is 1. The van der Waals surface area contributed by atoms with Crippen molar-refractivity contribution in [2.75, 3.05) is 11.9 Å². The molecule has 1 fully saturated rings. The third kappa shape index (κ3) is 3.03. The molecule has 1 amide bonds. The standard InChI is InChI=1S/C19H20N6O/c1-13-21-15(12-17(22-13)23-14-6-4-3-5-7-14)16-8-10-25(16)19(26)18-20-9-11-24(18)2/h3-7,9,11-12,16H,8,10H2,1-2H3,(H,21,22,23). The Labute approximate surface area is 151 Å². The predicted octanol–water partition coefficient (Wildman–Crippen LogP) is 2.85. The van der Waals surface area contributed by atoms with Crippen molar-refractivity contribution >= 4 is 17.4 Å². The normalized spacial score (nSPS) is 16.2. The first-order valence-electron chi connectivity index (χ1n) is 8.58. The number of rotatable bonds is 4. The van der Waals surface area contributed by atoms with Crippen LogP contribution in [0.1, 0.15) is 34.6 Å². The summed E-state index contributed by atoms with van der Waals surface area (Å²) < 4.78 is 1.74. The molecule has 1 aromatic carbocycles. The lowest BCUT2D eigenvalue weighted by Crippen LogP contribution is -2.46. The smallest absolute Gasteiger partial charge is 0.290 e. The summed E-state index contributed by atoms with van der Waals surface area (Å²) in [6.45, 7) is 2.57. The van der Waals surface area contributed by atoms with Crippen molar-refractivity contribution in [2.24, 2.45) is 7.05 Å². The number of anilines is 2. The van der Waals surface area contributed by atoms with Crippen molar-refractivity contribution in [3.63, 3.8) is 0 Å². The van der Waals surface area contributed by atoms with Gasteiger partial charge in [-0.1, -0.05) is 18.2 Å². The summed E-state index contributed by atoms with van der Waals surface area (Å²) in [6.07, 6.45) is 4.30. The molecule has 0 spiro atoms. The molecule has 3 aromatic rings. The van der Waals surface area contributed by atoms with E-state index in [0.717, 1.165) is 23.6 Å². The molecule has 7 heteroatoms. The molecule has 1 unspecified atom stereocenters. The van der Waals surface area contributed by atoms with E-state index in [0.29, 0.717) is 18.2 Å². The summed E-state index contributed by atoms with van der Waals surface area (Å²) in [4.78, 5) is 27.7. The van der Waals surface area contributed by atoms with Gasteiger partial charge in [-0.05, 0) is 25.5 Å². The monoisotopic (exact) mass is 348 g/mol. The third-order valence-electron chi connectivity index (χ3n) is 4.54. The molecule has 0 saturated carbocycles. The third-order valence-corrected chi connectivity index (χ3v) is 4.54. The first-order chi connectivity index (χ1) is 12.6.